The Bertz CT molecular complexity index is 457. The van der Waals surface area contributed by atoms with Crippen molar-refractivity contribution in [2.45, 2.75) is 13.5 Å². The molecule has 1 rings (SSSR count). The number of nitro groups is 1. The molecule has 16 heavy (non-hydrogen) atoms. The van der Waals surface area contributed by atoms with Crippen LogP contribution in [0.15, 0.2) is 21.5 Å². The maximum Gasteiger partial charge on any atom is 0.286 e. The van der Waals surface area contributed by atoms with Crippen LogP contribution in [0.25, 0.3) is 0 Å². The smallest absolute Gasteiger partial charge is 0.286 e. The number of nitrogens with zero attached hydrogens (tertiary/aromatic N) is 2. The Hall–Kier alpha value is -1.21. The SMILES string of the molecule is CC(CO)Cn1cc([N+](=O)[O-])cc(Br)c1=O. The van der Waals surface area contributed by atoms with Crippen LogP contribution in [0.5, 0.6) is 0 Å². The quantitative estimate of drug-likeness (QED) is 0.666. The normalized spacial score (nSPS) is 12.4. The van der Waals surface area contributed by atoms with Crippen LogP contribution in [0.4, 0.5) is 5.69 Å². The van der Waals surface area contributed by atoms with Crippen LogP contribution < -0.4 is 5.56 Å². The molecule has 1 aromatic rings. The minimum atomic E-state index is -0.565. The van der Waals surface area contributed by atoms with Crippen LogP contribution in [0.2, 0.25) is 0 Å². The van der Waals surface area contributed by atoms with Crippen LogP contribution in [-0.4, -0.2) is 21.2 Å². The lowest BCUT2D eigenvalue weighted by Gasteiger charge is -2.10. The lowest BCUT2D eigenvalue weighted by molar-refractivity contribution is -0.385. The summed E-state index contributed by atoms with van der Waals surface area (Å²) >= 11 is 2.98. The van der Waals surface area contributed by atoms with Gasteiger partial charge in [-0.15, -0.1) is 0 Å². The minimum absolute atomic E-state index is 0.0766. The molecule has 0 spiro atoms. The number of aliphatic hydroxyl groups excluding tert-OH is 1. The zero-order valence-electron chi connectivity index (χ0n) is 8.59. The van der Waals surface area contributed by atoms with Gasteiger partial charge in [-0.2, -0.15) is 0 Å². The van der Waals surface area contributed by atoms with Gasteiger partial charge < -0.3 is 9.67 Å². The van der Waals surface area contributed by atoms with Crippen molar-refractivity contribution in [3.05, 3.63) is 37.2 Å². The molecular formula is C9H11BrN2O4. The monoisotopic (exact) mass is 290 g/mol. The van der Waals surface area contributed by atoms with E-state index in [2.05, 4.69) is 15.9 Å². The van der Waals surface area contributed by atoms with Gasteiger partial charge >= 0.3 is 0 Å². The third-order valence-electron chi connectivity index (χ3n) is 2.06. The van der Waals surface area contributed by atoms with Gasteiger partial charge in [0.1, 0.15) is 0 Å². The van der Waals surface area contributed by atoms with Crippen molar-refractivity contribution in [1.82, 2.24) is 4.57 Å². The van der Waals surface area contributed by atoms with Gasteiger partial charge in [0, 0.05) is 19.2 Å². The molecule has 1 N–H and O–H groups in total. The first-order valence-electron chi connectivity index (χ1n) is 4.61. The number of hydrogen-bond acceptors (Lipinski definition) is 4. The Morgan fingerprint density at radius 1 is 1.69 bits per heavy atom. The van der Waals surface area contributed by atoms with Crippen molar-refractivity contribution < 1.29 is 10.0 Å². The van der Waals surface area contributed by atoms with E-state index >= 15 is 0 Å². The molecular weight excluding hydrogens is 280 g/mol. The molecule has 0 amide bonds. The Morgan fingerprint density at radius 3 is 2.81 bits per heavy atom. The maximum atomic E-state index is 11.6. The van der Waals surface area contributed by atoms with Crippen LogP contribution in [0, 0.1) is 16.0 Å². The molecule has 88 valence electrons. The molecule has 7 heteroatoms. The standard InChI is InChI=1S/C9H11BrN2O4/c1-6(5-13)3-11-4-7(12(15)16)2-8(10)9(11)14/h2,4,6,13H,3,5H2,1H3. The third kappa shape index (κ3) is 2.89. The van der Waals surface area contributed by atoms with E-state index in [4.69, 9.17) is 5.11 Å². The fourth-order valence-electron chi connectivity index (χ4n) is 1.21. The first kappa shape index (κ1) is 12.9. The number of halogens is 1. The van der Waals surface area contributed by atoms with E-state index in [0.717, 1.165) is 0 Å². The first-order chi connectivity index (χ1) is 7.45. The van der Waals surface area contributed by atoms with Crippen molar-refractivity contribution in [3.63, 3.8) is 0 Å². The molecule has 0 aliphatic rings. The Morgan fingerprint density at radius 2 is 2.31 bits per heavy atom. The largest absolute Gasteiger partial charge is 0.396 e. The van der Waals surface area contributed by atoms with Gasteiger partial charge in [-0.1, -0.05) is 6.92 Å². The zero-order valence-corrected chi connectivity index (χ0v) is 10.2. The topological polar surface area (TPSA) is 85.4 Å². The van der Waals surface area contributed by atoms with E-state index < -0.39 is 4.92 Å². The minimum Gasteiger partial charge on any atom is -0.396 e. The number of rotatable bonds is 4. The average Bonchev–Trinajstić information content (AvgIpc) is 2.23. The number of aromatic nitrogens is 1. The summed E-state index contributed by atoms with van der Waals surface area (Å²) in [6.07, 6.45) is 1.18. The van der Waals surface area contributed by atoms with Gasteiger partial charge in [-0.3, -0.25) is 14.9 Å². The molecule has 0 aromatic carbocycles. The molecule has 0 aliphatic carbocycles. The predicted octanol–water partition coefficient (Wildman–Crippen LogP) is 1.15. The van der Waals surface area contributed by atoms with E-state index in [1.54, 1.807) is 6.92 Å². The molecule has 1 atom stereocenters. The average molecular weight is 291 g/mol. The van der Waals surface area contributed by atoms with Crippen LogP contribution >= 0.6 is 15.9 Å². The molecule has 0 saturated carbocycles. The summed E-state index contributed by atoms with van der Waals surface area (Å²) in [4.78, 5) is 21.6. The van der Waals surface area contributed by atoms with Gasteiger partial charge in [0.05, 0.1) is 15.6 Å². The van der Waals surface area contributed by atoms with Crippen molar-refractivity contribution in [2.24, 2.45) is 5.92 Å². The van der Waals surface area contributed by atoms with E-state index in [-0.39, 0.29) is 34.8 Å². The number of pyridine rings is 1. The van der Waals surface area contributed by atoms with Crippen molar-refractivity contribution in [2.75, 3.05) is 6.61 Å². The van der Waals surface area contributed by atoms with Crippen LogP contribution in [0.1, 0.15) is 6.92 Å². The molecule has 0 radical (unpaired) electrons. The van der Waals surface area contributed by atoms with E-state index in [1.807, 2.05) is 0 Å². The van der Waals surface area contributed by atoms with Gasteiger partial charge in [0.2, 0.25) is 0 Å². The second-order valence-corrected chi connectivity index (χ2v) is 4.40. The molecule has 0 saturated heterocycles. The maximum absolute atomic E-state index is 11.6. The summed E-state index contributed by atoms with van der Waals surface area (Å²) in [7, 11) is 0. The van der Waals surface area contributed by atoms with Crippen molar-refractivity contribution >= 4 is 21.6 Å². The van der Waals surface area contributed by atoms with E-state index in [1.165, 1.54) is 16.8 Å². The molecule has 1 unspecified atom stereocenters. The molecule has 1 heterocycles. The predicted molar refractivity (Wildman–Crippen MR) is 61.3 cm³/mol. The highest BCUT2D eigenvalue weighted by molar-refractivity contribution is 9.10. The van der Waals surface area contributed by atoms with Gasteiger partial charge in [0.25, 0.3) is 11.2 Å². The van der Waals surface area contributed by atoms with Gasteiger partial charge in [0.15, 0.2) is 0 Å². The van der Waals surface area contributed by atoms with Crippen molar-refractivity contribution in [1.29, 1.82) is 0 Å². The molecule has 6 nitrogen and oxygen atoms in total. The molecule has 0 bridgehead atoms. The van der Waals surface area contributed by atoms with Gasteiger partial charge in [-0.25, -0.2) is 0 Å². The molecule has 0 aliphatic heterocycles. The summed E-state index contributed by atoms with van der Waals surface area (Å²) in [5, 5.41) is 19.5. The Labute approximate surface area is 99.8 Å². The van der Waals surface area contributed by atoms with E-state index in [0.29, 0.717) is 0 Å². The number of aliphatic hydroxyl groups is 1. The van der Waals surface area contributed by atoms with Crippen LogP contribution in [-0.2, 0) is 6.54 Å². The summed E-state index contributed by atoms with van der Waals surface area (Å²) in [6.45, 7) is 1.92. The number of hydrogen-bond donors (Lipinski definition) is 1. The highest BCUT2D eigenvalue weighted by atomic mass is 79.9. The summed E-state index contributed by atoms with van der Waals surface area (Å²) in [5.74, 6) is -0.133. The lowest BCUT2D eigenvalue weighted by Crippen LogP contribution is -2.24. The summed E-state index contributed by atoms with van der Waals surface area (Å²) in [6, 6.07) is 1.17. The zero-order chi connectivity index (χ0) is 12.3. The summed E-state index contributed by atoms with van der Waals surface area (Å²) < 4.78 is 1.37. The lowest BCUT2D eigenvalue weighted by atomic mass is 10.2. The molecule has 0 fully saturated rings. The fraction of sp³-hybridized carbons (Fsp3) is 0.444. The Kier molecular flexibility index (Phi) is 4.19. The highest BCUT2D eigenvalue weighted by Gasteiger charge is 2.13. The third-order valence-corrected chi connectivity index (χ3v) is 2.63. The van der Waals surface area contributed by atoms with Crippen LogP contribution in [0.3, 0.4) is 0 Å². The van der Waals surface area contributed by atoms with Gasteiger partial charge in [-0.05, 0) is 21.8 Å². The van der Waals surface area contributed by atoms with Crippen molar-refractivity contribution in [3.8, 4) is 0 Å². The van der Waals surface area contributed by atoms with E-state index in [9.17, 15) is 14.9 Å². The second kappa shape index (κ2) is 5.22. The second-order valence-electron chi connectivity index (χ2n) is 3.55. The highest BCUT2D eigenvalue weighted by Crippen LogP contribution is 2.14. The molecule has 1 aromatic heterocycles. The summed E-state index contributed by atoms with van der Waals surface area (Å²) in [5.41, 5.74) is -0.498. The Balaban J connectivity index is 3.17. The fourth-order valence-corrected chi connectivity index (χ4v) is 1.68. The first-order valence-corrected chi connectivity index (χ1v) is 5.40.